The first-order valence-corrected chi connectivity index (χ1v) is 8.96. The van der Waals surface area contributed by atoms with Gasteiger partial charge in [-0.25, -0.2) is 0 Å². The lowest BCUT2D eigenvalue weighted by molar-refractivity contribution is 0.0666. The summed E-state index contributed by atoms with van der Waals surface area (Å²) in [7, 11) is 0. The van der Waals surface area contributed by atoms with Crippen molar-refractivity contribution < 1.29 is 14.6 Å². The van der Waals surface area contributed by atoms with E-state index < -0.39 is 6.10 Å². The quantitative estimate of drug-likeness (QED) is 0.870. The predicted octanol–water partition coefficient (Wildman–Crippen LogP) is 3.81. The molecule has 0 bridgehead atoms. The molecular weight excluding hydrogens is 314 g/mol. The summed E-state index contributed by atoms with van der Waals surface area (Å²) < 4.78 is 5.50. The third-order valence-corrected chi connectivity index (χ3v) is 4.71. The van der Waals surface area contributed by atoms with E-state index in [1.807, 2.05) is 60.4 Å². The average Bonchev–Trinajstić information content (AvgIpc) is 3.10. The standard InChI is InChI=1S/C21H25NO3/c1-2-25-19-12-6-10-17(14-19)21(24)22-13-7-11-18(22)15-20(23)16-8-4-3-5-9-16/h3-6,8-10,12,14,18,20,23H,2,7,11,13,15H2,1H3. The fourth-order valence-electron chi connectivity index (χ4n) is 3.47. The van der Waals surface area contributed by atoms with Crippen LogP contribution in [0.3, 0.4) is 0 Å². The minimum Gasteiger partial charge on any atom is -0.494 e. The second kappa shape index (κ2) is 8.17. The van der Waals surface area contributed by atoms with E-state index in [2.05, 4.69) is 0 Å². The molecule has 1 fully saturated rings. The summed E-state index contributed by atoms with van der Waals surface area (Å²) in [6.45, 7) is 3.24. The van der Waals surface area contributed by atoms with E-state index in [1.165, 1.54) is 0 Å². The van der Waals surface area contributed by atoms with Gasteiger partial charge in [0.25, 0.3) is 5.91 Å². The van der Waals surface area contributed by atoms with Crippen LogP contribution in [-0.2, 0) is 0 Å². The average molecular weight is 339 g/mol. The van der Waals surface area contributed by atoms with Crippen LogP contribution in [0, 0.1) is 0 Å². The van der Waals surface area contributed by atoms with E-state index in [9.17, 15) is 9.90 Å². The number of rotatable bonds is 6. The molecule has 1 saturated heterocycles. The van der Waals surface area contributed by atoms with Gasteiger partial charge in [-0.15, -0.1) is 0 Å². The van der Waals surface area contributed by atoms with Crippen LogP contribution in [0.4, 0.5) is 0 Å². The molecular formula is C21H25NO3. The summed E-state index contributed by atoms with van der Waals surface area (Å²) in [4.78, 5) is 14.8. The number of amides is 1. The Balaban J connectivity index is 1.70. The van der Waals surface area contributed by atoms with Crippen LogP contribution in [0.5, 0.6) is 5.75 Å². The van der Waals surface area contributed by atoms with Gasteiger partial charge in [0.15, 0.2) is 0 Å². The van der Waals surface area contributed by atoms with Gasteiger partial charge in [-0.1, -0.05) is 36.4 Å². The largest absolute Gasteiger partial charge is 0.494 e. The molecule has 3 rings (SSSR count). The Morgan fingerprint density at radius 1 is 1.24 bits per heavy atom. The van der Waals surface area contributed by atoms with Crippen molar-refractivity contribution in [3.63, 3.8) is 0 Å². The number of carbonyl (C=O) groups excluding carboxylic acids is 1. The SMILES string of the molecule is CCOc1cccc(C(=O)N2CCCC2CC(O)c2ccccc2)c1. The number of hydrogen-bond donors (Lipinski definition) is 1. The van der Waals surface area contributed by atoms with E-state index in [4.69, 9.17) is 4.74 Å². The Kier molecular flexibility index (Phi) is 5.71. The van der Waals surface area contributed by atoms with Crippen LogP contribution in [0.1, 0.15) is 48.2 Å². The van der Waals surface area contributed by atoms with Crippen molar-refractivity contribution in [3.8, 4) is 5.75 Å². The molecule has 4 heteroatoms. The van der Waals surface area contributed by atoms with Gasteiger partial charge in [-0.3, -0.25) is 4.79 Å². The van der Waals surface area contributed by atoms with Crippen LogP contribution in [0.15, 0.2) is 54.6 Å². The number of ether oxygens (including phenoxy) is 1. The van der Waals surface area contributed by atoms with Crippen molar-refractivity contribution in [2.75, 3.05) is 13.2 Å². The van der Waals surface area contributed by atoms with Crippen molar-refractivity contribution in [1.82, 2.24) is 4.90 Å². The molecule has 0 aromatic heterocycles. The maximum atomic E-state index is 12.9. The fourth-order valence-corrected chi connectivity index (χ4v) is 3.47. The van der Waals surface area contributed by atoms with Gasteiger partial charge < -0.3 is 14.7 Å². The first-order chi connectivity index (χ1) is 12.2. The van der Waals surface area contributed by atoms with Crippen LogP contribution < -0.4 is 4.74 Å². The van der Waals surface area contributed by atoms with Crippen LogP contribution in [0.25, 0.3) is 0 Å². The van der Waals surface area contributed by atoms with Gasteiger partial charge in [0.05, 0.1) is 12.7 Å². The lowest BCUT2D eigenvalue weighted by Gasteiger charge is -2.27. The Morgan fingerprint density at radius 3 is 2.80 bits per heavy atom. The van der Waals surface area contributed by atoms with Crippen molar-refractivity contribution in [3.05, 3.63) is 65.7 Å². The number of aliphatic hydroxyl groups is 1. The third-order valence-electron chi connectivity index (χ3n) is 4.71. The van der Waals surface area contributed by atoms with E-state index in [-0.39, 0.29) is 11.9 Å². The topological polar surface area (TPSA) is 49.8 Å². The maximum Gasteiger partial charge on any atom is 0.254 e. The lowest BCUT2D eigenvalue weighted by Crippen LogP contribution is -2.36. The van der Waals surface area contributed by atoms with Gasteiger partial charge in [-0.2, -0.15) is 0 Å². The zero-order chi connectivity index (χ0) is 17.6. The summed E-state index contributed by atoms with van der Waals surface area (Å²) in [5, 5.41) is 10.5. The van der Waals surface area contributed by atoms with E-state index in [0.29, 0.717) is 24.3 Å². The third kappa shape index (κ3) is 4.20. The minimum atomic E-state index is -0.547. The van der Waals surface area contributed by atoms with Crippen LogP contribution in [0.2, 0.25) is 0 Å². The number of nitrogens with zero attached hydrogens (tertiary/aromatic N) is 1. The van der Waals surface area contributed by atoms with Crippen molar-refractivity contribution in [1.29, 1.82) is 0 Å². The zero-order valence-corrected chi connectivity index (χ0v) is 14.6. The van der Waals surface area contributed by atoms with Crippen molar-refractivity contribution in [2.24, 2.45) is 0 Å². The highest BCUT2D eigenvalue weighted by Crippen LogP contribution is 2.29. The summed E-state index contributed by atoms with van der Waals surface area (Å²) in [5.41, 5.74) is 1.55. The maximum absolute atomic E-state index is 12.9. The lowest BCUT2D eigenvalue weighted by atomic mass is 10.00. The molecule has 1 aliphatic rings. The van der Waals surface area contributed by atoms with Gasteiger partial charge in [0.2, 0.25) is 0 Å². The number of hydrogen-bond acceptors (Lipinski definition) is 3. The molecule has 0 spiro atoms. The Bertz CT molecular complexity index is 701. The van der Waals surface area contributed by atoms with E-state index in [0.717, 1.165) is 24.9 Å². The number of aliphatic hydroxyl groups excluding tert-OH is 1. The van der Waals surface area contributed by atoms with E-state index in [1.54, 1.807) is 6.07 Å². The molecule has 2 unspecified atom stereocenters. The molecule has 2 atom stereocenters. The fraction of sp³-hybridized carbons (Fsp3) is 0.381. The molecule has 0 radical (unpaired) electrons. The molecule has 2 aromatic carbocycles. The van der Waals surface area contributed by atoms with Crippen molar-refractivity contribution in [2.45, 2.75) is 38.3 Å². The van der Waals surface area contributed by atoms with Gasteiger partial charge in [0.1, 0.15) is 5.75 Å². The molecule has 2 aromatic rings. The van der Waals surface area contributed by atoms with Gasteiger partial charge in [0, 0.05) is 18.2 Å². The predicted molar refractivity (Wildman–Crippen MR) is 97.7 cm³/mol. The van der Waals surface area contributed by atoms with Crippen LogP contribution in [-0.4, -0.2) is 35.1 Å². The molecule has 25 heavy (non-hydrogen) atoms. The van der Waals surface area contributed by atoms with Gasteiger partial charge in [-0.05, 0) is 49.9 Å². The summed E-state index contributed by atoms with van der Waals surface area (Å²) >= 11 is 0. The monoisotopic (exact) mass is 339 g/mol. The summed E-state index contributed by atoms with van der Waals surface area (Å²) in [6.07, 6.45) is 1.93. The number of benzene rings is 2. The smallest absolute Gasteiger partial charge is 0.254 e. The second-order valence-corrected chi connectivity index (χ2v) is 6.42. The van der Waals surface area contributed by atoms with Crippen molar-refractivity contribution >= 4 is 5.91 Å². The summed E-state index contributed by atoms with van der Waals surface area (Å²) in [5.74, 6) is 0.734. The number of likely N-dealkylation sites (tertiary alicyclic amines) is 1. The first-order valence-electron chi connectivity index (χ1n) is 8.96. The minimum absolute atomic E-state index is 0.0179. The Morgan fingerprint density at radius 2 is 2.04 bits per heavy atom. The van der Waals surface area contributed by atoms with Gasteiger partial charge >= 0.3 is 0 Å². The highest BCUT2D eigenvalue weighted by Gasteiger charge is 2.31. The molecule has 1 heterocycles. The number of carbonyl (C=O) groups is 1. The second-order valence-electron chi connectivity index (χ2n) is 6.42. The highest BCUT2D eigenvalue weighted by atomic mass is 16.5. The van der Waals surface area contributed by atoms with Crippen LogP contribution >= 0.6 is 0 Å². The Labute approximate surface area is 149 Å². The zero-order valence-electron chi connectivity index (χ0n) is 14.6. The molecule has 0 aliphatic carbocycles. The van der Waals surface area contributed by atoms with E-state index >= 15 is 0 Å². The Hall–Kier alpha value is -2.33. The normalized spacial score (nSPS) is 18.2. The molecule has 132 valence electrons. The molecule has 0 saturated carbocycles. The summed E-state index contributed by atoms with van der Waals surface area (Å²) in [6, 6.07) is 17.1. The highest BCUT2D eigenvalue weighted by molar-refractivity contribution is 5.95. The first kappa shape index (κ1) is 17.5. The molecule has 4 nitrogen and oxygen atoms in total. The molecule has 1 aliphatic heterocycles. The molecule has 1 N–H and O–H groups in total. The molecule has 1 amide bonds.